The summed E-state index contributed by atoms with van der Waals surface area (Å²) in [6.07, 6.45) is 1.54. The Balaban J connectivity index is 1.72. The molecule has 1 fully saturated rings. The van der Waals surface area contributed by atoms with Gasteiger partial charge in [0.15, 0.2) is 0 Å². The zero-order valence-electron chi connectivity index (χ0n) is 14.0. The number of benzene rings is 2. The van der Waals surface area contributed by atoms with E-state index in [9.17, 15) is 9.59 Å². The molecule has 5 nitrogen and oxygen atoms in total. The molecule has 0 radical (unpaired) electrons. The standard InChI is InChI=1S/C20H22N2O3/c23-19-10-5-11-22(19)14-18(16-7-2-1-3-8-16)21-13-15-6-4-9-17(12-15)20(24)25/h1-4,6-9,12,18,21H,5,10-11,13-14H2,(H,24,25). The van der Waals surface area contributed by atoms with Crippen molar-refractivity contribution in [3.63, 3.8) is 0 Å². The Kier molecular flexibility index (Phi) is 5.46. The van der Waals surface area contributed by atoms with Gasteiger partial charge in [-0.2, -0.15) is 0 Å². The van der Waals surface area contributed by atoms with E-state index >= 15 is 0 Å². The zero-order chi connectivity index (χ0) is 17.6. The van der Waals surface area contributed by atoms with Gasteiger partial charge in [-0.05, 0) is 29.7 Å². The lowest BCUT2D eigenvalue weighted by atomic mass is 10.1. The second-order valence-electron chi connectivity index (χ2n) is 6.29. The molecule has 0 bridgehead atoms. The molecule has 3 rings (SSSR count). The predicted octanol–water partition coefficient (Wildman–Crippen LogP) is 2.84. The second kappa shape index (κ2) is 7.94. The van der Waals surface area contributed by atoms with Crippen molar-refractivity contribution < 1.29 is 14.7 Å². The van der Waals surface area contributed by atoms with Crippen LogP contribution in [0.2, 0.25) is 0 Å². The summed E-state index contributed by atoms with van der Waals surface area (Å²) < 4.78 is 0. The van der Waals surface area contributed by atoms with Crippen molar-refractivity contribution in [3.05, 3.63) is 71.3 Å². The van der Waals surface area contributed by atoms with E-state index in [-0.39, 0.29) is 17.5 Å². The van der Waals surface area contributed by atoms with Gasteiger partial charge in [-0.3, -0.25) is 4.79 Å². The van der Waals surface area contributed by atoms with Gasteiger partial charge in [0.1, 0.15) is 0 Å². The number of carboxylic acids is 1. The maximum absolute atomic E-state index is 12.0. The van der Waals surface area contributed by atoms with E-state index in [0.29, 0.717) is 19.5 Å². The van der Waals surface area contributed by atoms with E-state index < -0.39 is 5.97 Å². The number of hydrogen-bond donors (Lipinski definition) is 2. The molecule has 1 aliphatic heterocycles. The number of carbonyl (C=O) groups excluding carboxylic acids is 1. The number of aromatic carboxylic acids is 1. The highest BCUT2D eigenvalue weighted by molar-refractivity contribution is 5.87. The highest BCUT2D eigenvalue weighted by atomic mass is 16.4. The minimum atomic E-state index is -0.927. The maximum atomic E-state index is 12.0. The molecule has 0 saturated carbocycles. The van der Waals surface area contributed by atoms with Gasteiger partial charge in [0.25, 0.3) is 0 Å². The van der Waals surface area contributed by atoms with Crippen molar-refractivity contribution in [2.45, 2.75) is 25.4 Å². The average Bonchev–Trinajstić information content (AvgIpc) is 3.04. The van der Waals surface area contributed by atoms with E-state index in [1.165, 1.54) is 0 Å². The zero-order valence-corrected chi connectivity index (χ0v) is 14.0. The van der Waals surface area contributed by atoms with Gasteiger partial charge in [-0.15, -0.1) is 0 Å². The quantitative estimate of drug-likeness (QED) is 0.814. The number of carboxylic acid groups (broad SMARTS) is 1. The predicted molar refractivity (Wildman–Crippen MR) is 95.2 cm³/mol. The normalized spacial score (nSPS) is 15.4. The SMILES string of the molecule is O=C(O)c1cccc(CNC(CN2CCCC2=O)c2ccccc2)c1. The fraction of sp³-hybridized carbons (Fsp3) is 0.300. The third kappa shape index (κ3) is 4.45. The first-order valence-electron chi connectivity index (χ1n) is 8.52. The smallest absolute Gasteiger partial charge is 0.335 e. The highest BCUT2D eigenvalue weighted by Crippen LogP contribution is 2.19. The van der Waals surface area contributed by atoms with Crippen LogP contribution in [0, 0.1) is 0 Å². The van der Waals surface area contributed by atoms with Crippen LogP contribution in [0.1, 0.15) is 40.4 Å². The summed E-state index contributed by atoms with van der Waals surface area (Å²) in [5.41, 5.74) is 2.32. The number of nitrogens with zero attached hydrogens (tertiary/aromatic N) is 1. The number of amides is 1. The van der Waals surface area contributed by atoms with Crippen molar-refractivity contribution in [2.24, 2.45) is 0 Å². The maximum Gasteiger partial charge on any atom is 0.335 e. The van der Waals surface area contributed by atoms with E-state index in [2.05, 4.69) is 5.32 Å². The van der Waals surface area contributed by atoms with Crippen molar-refractivity contribution in [1.82, 2.24) is 10.2 Å². The molecule has 1 atom stereocenters. The first-order chi connectivity index (χ1) is 12.1. The van der Waals surface area contributed by atoms with Crippen LogP contribution in [0.5, 0.6) is 0 Å². The molecule has 130 valence electrons. The lowest BCUT2D eigenvalue weighted by Crippen LogP contribution is -2.35. The highest BCUT2D eigenvalue weighted by Gasteiger charge is 2.24. The minimum absolute atomic E-state index is 0.0109. The second-order valence-corrected chi connectivity index (χ2v) is 6.29. The van der Waals surface area contributed by atoms with Gasteiger partial charge in [0, 0.05) is 26.1 Å². The Hall–Kier alpha value is -2.66. The average molecular weight is 338 g/mol. The van der Waals surface area contributed by atoms with Crippen LogP contribution >= 0.6 is 0 Å². The third-order valence-electron chi connectivity index (χ3n) is 4.50. The van der Waals surface area contributed by atoms with Crippen LogP contribution in [0.3, 0.4) is 0 Å². The van der Waals surface area contributed by atoms with Gasteiger partial charge in [0.2, 0.25) is 5.91 Å². The van der Waals surface area contributed by atoms with Gasteiger partial charge >= 0.3 is 5.97 Å². The number of hydrogen-bond acceptors (Lipinski definition) is 3. The van der Waals surface area contributed by atoms with Gasteiger partial charge in [-0.25, -0.2) is 4.79 Å². The van der Waals surface area contributed by atoms with Gasteiger partial charge in [-0.1, -0.05) is 42.5 Å². The Morgan fingerprint density at radius 3 is 2.64 bits per heavy atom. The van der Waals surface area contributed by atoms with Crippen LogP contribution in [0.25, 0.3) is 0 Å². The van der Waals surface area contributed by atoms with Crippen LogP contribution in [0.15, 0.2) is 54.6 Å². The molecule has 2 aromatic rings. The minimum Gasteiger partial charge on any atom is -0.478 e. The summed E-state index contributed by atoms with van der Waals surface area (Å²) in [7, 11) is 0. The van der Waals surface area contributed by atoms with E-state index in [1.54, 1.807) is 18.2 Å². The molecule has 1 saturated heterocycles. The van der Waals surface area contributed by atoms with Crippen molar-refractivity contribution in [2.75, 3.05) is 13.1 Å². The van der Waals surface area contributed by atoms with Crippen molar-refractivity contribution in [1.29, 1.82) is 0 Å². The third-order valence-corrected chi connectivity index (χ3v) is 4.50. The molecule has 1 unspecified atom stereocenters. The van der Waals surface area contributed by atoms with Crippen LogP contribution < -0.4 is 5.32 Å². The Morgan fingerprint density at radius 2 is 1.96 bits per heavy atom. The molecule has 25 heavy (non-hydrogen) atoms. The Bertz CT molecular complexity index is 746. The molecule has 0 aromatic heterocycles. The van der Waals surface area contributed by atoms with Gasteiger partial charge in [0.05, 0.1) is 11.6 Å². The summed E-state index contributed by atoms with van der Waals surface area (Å²) in [6.45, 7) is 1.97. The van der Waals surface area contributed by atoms with Crippen LogP contribution in [0.4, 0.5) is 0 Å². The molecular weight excluding hydrogens is 316 g/mol. The lowest BCUT2D eigenvalue weighted by molar-refractivity contribution is -0.128. The molecule has 2 aromatic carbocycles. The summed E-state index contributed by atoms with van der Waals surface area (Å²) >= 11 is 0. The summed E-state index contributed by atoms with van der Waals surface area (Å²) in [5, 5.41) is 12.6. The number of likely N-dealkylation sites (tertiary alicyclic amines) is 1. The van der Waals surface area contributed by atoms with E-state index in [0.717, 1.165) is 24.1 Å². The first-order valence-corrected chi connectivity index (χ1v) is 8.52. The molecule has 5 heteroatoms. The lowest BCUT2D eigenvalue weighted by Gasteiger charge is -2.25. The van der Waals surface area contributed by atoms with Crippen molar-refractivity contribution >= 4 is 11.9 Å². The number of rotatable bonds is 7. The molecule has 1 heterocycles. The molecular formula is C20H22N2O3. The largest absolute Gasteiger partial charge is 0.478 e. The molecule has 2 N–H and O–H groups in total. The summed E-state index contributed by atoms with van der Waals surface area (Å²) in [5.74, 6) is -0.722. The fourth-order valence-electron chi connectivity index (χ4n) is 3.15. The monoisotopic (exact) mass is 338 g/mol. The van der Waals surface area contributed by atoms with E-state index in [4.69, 9.17) is 5.11 Å². The molecule has 1 amide bonds. The topological polar surface area (TPSA) is 69.6 Å². The van der Waals surface area contributed by atoms with Crippen LogP contribution in [-0.2, 0) is 11.3 Å². The summed E-state index contributed by atoms with van der Waals surface area (Å²) in [4.78, 5) is 25.0. The first kappa shape index (κ1) is 17.2. The van der Waals surface area contributed by atoms with Crippen molar-refractivity contribution in [3.8, 4) is 0 Å². The van der Waals surface area contributed by atoms with Crippen LogP contribution in [-0.4, -0.2) is 35.0 Å². The molecule has 0 spiro atoms. The van der Waals surface area contributed by atoms with Gasteiger partial charge < -0.3 is 15.3 Å². The Labute approximate surface area is 147 Å². The van der Waals surface area contributed by atoms with E-state index in [1.807, 2.05) is 41.3 Å². The number of nitrogens with one attached hydrogen (secondary N) is 1. The fourth-order valence-corrected chi connectivity index (χ4v) is 3.15. The molecule has 0 aliphatic carbocycles. The molecule has 1 aliphatic rings. The number of carbonyl (C=O) groups is 2. The summed E-state index contributed by atoms with van der Waals surface area (Å²) in [6, 6.07) is 17.0. The Morgan fingerprint density at radius 1 is 1.16 bits per heavy atom.